The molecule has 33 heavy (non-hydrogen) atoms. The largest absolute Gasteiger partial charge is 0.416 e. The van der Waals surface area contributed by atoms with Crippen LogP contribution < -0.4 is 0 Å². The minimum absolute atomic E-state index is 0.131. The number of benzene rings is 1. The summed E-state index contributed by atoms with van der Waals surface area (Å²) >= 11 is 0. The third-order valence-electron chi connectivity index (χ3n) is 6.47. The van der Waals surface area contributed by atoms with Gasteiger partial charge in [-0.3, -0.25) is 4.79 Å². The first kappa shape index (κ1) is 23.4. The second-order valence-corrected chi connectivity index (χ2v) is 8.76. The van der Waals surface area contributed by atoms with E-state index in [4.69, 9.17) is 4.74 Å². The maximum atomic E-state index is 12.8. The van der Waals surface area contributed by atoms with Gasteiger partial charge >= 0.3 is 6.18 Å². The molecule has 0 N–H and O–H groups in total. The molecule has 4 rings (SSSR count). The number of carbonyl (C=O) groups excluding carboxylic acids is 1. The molecular formula is C23H28F3N5O2. The molecule has 2 aliphatic rings. The second kappa shape index (κ2) is 9.64. The molecule has 10 heteroatoms. The van der Waals surface area contributed by atoms with Gasteiger partial charge in [-0.1, -0.05) is 23.9 Å². The predicted molar refractivity (Wildman–Crippen MR) is 115 cm³/mol. The third kappa shape index (κ3) is 5.44. The van der Waals surface area contributed by atoms with Crippen molar-refractivity contribution in [3.8, 4) is 0 Å². The quantitative estimate of drug-likeness (QED) is 0.616. The van der Waals surface area contributed by atoms with Crippen LogP contribution in [0.3, 0.4) is 0 Å². The number of likely N-dealkylation sites (tertiary alicyclic amines) is 2. The van der Waals surface area contributed by atoms with E-state index in [9.17, 15) is 18.0 Å². The van der Waals surface area contributed by atoms with E-state index < -0.39 is 11.7 Å². The van der Waals surface area contributed by atoms with Gasteiger partial charge in [0.05, 0.1) is 30.0 Å². The zero-order valence-corrected chi connectivity index (χ0v) is 18.5. The number of halogens is 3. The summed E-state index contributed by atoms with van der Waals surface area (Å²) in [5.74, 6) is 0.157. The minimum Gasteiger partial charge on any atom is -0.369 e. The average molecular weight is 464 g/mol. The number of rotatable bonds is 6. The Labute approximate surface area is 190 Å². The van der Waals surface area contributed by atoms with Crippen molar-refractivity contribution in [1.82, 2.24) is 24.8 Å². The summed E-state index contributed by atoms with van der Waals surface area (Å²) in [5.41, 5.74) is 0.871. The monoisotopic (exact) mass is 463 g/mol. The zero-order chi connectivity index (χ0) is 23.6. The van der Waals surface area contributed by atoms with Crippen LogP contribution in [0, 0.1) is 0 Å². The van der Waals surface area contributed by atoms with E-state index in [1.165, 1.54) is 18.2 Å². The van der Waals surface area contributed by atoms with Crippen LogP contribution in [0.2, 0.25) is 0 Å². The molecule has 0 radical (unpaired) electrons. The molecule has 2 aliphatic heterocycles. The Kier molecular flexibility index (Phi) is 6.85. The maximum Gasteiger partial charge on any atom is 0.416 e. The van der Waals surface area contributed by atoms with Crippen molar-refractivity contribution < 1.29 is 22.7 Å². The van der Waals surface area contributed by atoms with E-state index in [0.29, 0.717) is 24.6 Å². The van der Waals surface area contributed by atoms with E-state index in [1.54, 1.807) is 9.58 Å². The summed E-state index contributed by atoms with van der Waals surface area (Å²) in [7, 11) is 2.11. The molecule has 0 aliphatic carbocycles. The number of alkyl halides is 3. The lowest BCUT2D eigenvalue weighted by molar-refractivity contribution is -0.137. The van der Waals surface area contributed by atoms with Gasteiger partial charge in [-0.05, 0) is 56.8 Å². The number of nitrogens with zero attached hydrogens (tertiary/aromatic N) is 5. The van der Waals surface area contributed by atoms with Gasteiger partial charge in [0, 0.05) is 25.2 Å². The van der Waals surface area contributed by atoms with Crippen LogP contribution in [0.5, 0.6) is 0 Å². The van der Waals surface area contributed by atoms with Crippen molar-refractivity contribution in [2.45, 2.75) is 43.7 Å². The molecule has 7 nitrogen and oxygen atoms in total. The molecule has 0 bridgehead atoms. The standard InChI is InChI=1S/C23H28F3N5O2/c1-3-22(32)30-13-20(31-12-19(27-28-31)17-8-10-29(2)11-9-17)21(14-30)33-15-16-4-6-18(7-5-16)23(24,25)26/h3-7,12,17,20-21H,1,8-11,13-15H2,2H3. The molecule has 2 saturated heterocycles. The molecule has 2 aromatic rings. The van der Waals surface area contributed by atoms with Crippen LogP contribution in [0.15, 0.2) is 43.1 Å². The van der Waals surface area contributed by atoms with Crippen LogP contribution in [0.1, 0.15) is 41.6 Å². The first-order chi connectivity index (χ1) is 15.7. The lowest BCUT2D eigenvalue weighted by Gasteiger charge is -2.27. The summed E-state index contributed by atoms with van der Waals surface area (Å²) in [6.07, 6.45) is 0.504. The van der Waals surface area contributed by atoms with Crippen LogP contribution >= 0.6 is 0 Å². The highest BCUT2D eigenvalue weighted by atomic mass is 19.4. The maximum absolute atomic E-state index is 12.8. The van der Waals surface area contributed by atoms with Crippen LogP contribution in [0.4, 0.5) is 13.2 Å². The fraction of sp³-hybridized carbons (Fsp3) is 0.522. The minimum atomic E-state index is -4.37. The van der Waals surface area contributed by atoms with Crippen molar-refractivity contribution >= 4 is 5.91 Å². The van der Waals surface area contributed by atoms with E-state index in [0.717, 1.165) is 43.8 Å². The summed E-state index contributed by atoms with van der Waals surface area (Å²) in [6.45, 7) is 6.47. The normalized spacial score (nSPS) is 22.6. The highest BCUT2D eigenvalue weighted by molar-refractivity contribution is 5.87. The first-order valence-electron chi connectivity index (χ1n) is 11.0. The van der Waals surface area contributed by atoms with Crippen LogP contribution in [-0.2, 0) is 22.3 Å². The van der Waals surface area contributed by atoms with E-state index in [2.05, 4.69) is 28.8 Å². The second-order valence-electron chi connectivity index (χ2n) is 8.76. The fourth-order valence-electron chi connectivity index (χ4n) is 4.42. The molecule has 2 unspecified atom stereocenters. The summed E-state index contributed by atoms with van der Waals surface area (Å²) in [6, 6.07) is 4.67. The Bertz CT molecular complexity index is 967. The van der Waals surface area contributed by atoms with Crippen molar-refractivity contribution in [3.63, 3.8) is 0 Å². The smallest absolute Gasteiger partial charge is 0.369 e. The number of aromatic nitrogens is 3. The molecule has 2 atom stereocenters. The van der Waals surface area contributed by atoms with Gasteiger partial charge in [-0.2, -0.15) is 13.2 Å². The number of hydrogen-bond donors (Lipinski definition) is 0. The zero-order valence-electron chi connectivity index (χ0n) is 18.5. The molecule has 1 aromatic carbocycles. The van der Waals surface area contributed by atoms with E-state index in [1.807, 2.05) is 6.20 Å². The van der Waals surface area contributed by atoms with Crippen molar-refractivity contribution in [2.24, 2.45) is 0 Å². The Morgan fingerprint density at radius 3 is 2.55 bits per heavy atom. The third-order valence-corrected chi connectivity index (χ3v) is 6.47. The Morgan fingerprint density at radius 1 is 1.21 bits per heavy atom. The number of hydrogen-bond acceptors (Lipinski definition) is 5. The van der Waals surface area contributed by atoms with Crippen molar-refractivity contribution in [1.29, 1.82) is 0 Å². The lowest BCUT2D eigenvalue weighted by atomic mass is 9.94. The predicted octanol–water partition coefficient (Wildman–Crippen LogP) is 3.26. The molecule has 0 saturated carbocycles. The molecule has 2 fully saturated rings. The van der Waals surface area contributed by atoms with Gasteiger partial charge in [-0.25, -0.2) is 4.68 Å². The lowest BCUT2D eigenvalue weighted by Crippen LogP contribution is -2.29. The molecule has 3 heterocycles. The summed E-state index contributed by atoms with van der Waals surface area (Å²) < 4.78 is 46.2. The van der Waals surface area contributed by atoms with Crippen molar-refractivity contribution in [2.75, 3.05) is 33.2 Å². The van der Waals surface area contributed by atoms with Gasteiger partial charge in [0.2, 0.25) is 5.91 Å². The Hall–Kier alpha value is -2.72. The van der Waals surface area contributed by atoms with Crippen LogP contribution in [-0.4, -0.2) is 70.0 Å². The summed E-state index contributed by atoms with van der Waals surface area (Å²) in [4.78, 5) is 16.2. The molecule has 1 aromatic heterocycles. The first-order valence-corrected chi connectivity index (χ1v) is 11.0. The molecule has 178 valence electrons. The van der Waals surface area contributed by atoms with Gasteiger partial charge in [0.25, 0.3) is 0 Å². The number of piperidine rings is 1. The van der Waals surface area contributed by atoms with Gasteiger partial charge in [-0.15, -0.1) is 5.10 Å². The average Bonchev–Trinajstić information content (AvgIpc) is 3.45. The highest BCUT2D eigenvalue weighted by Crippen LogP contribution is 2.31. The van der Waals surface area contributed by atoms with Gasteiger partial charge < -0.3 is 14.5 Å². The molecule has 1 amide bonds. The fourth-order valence-corrected chi connectivity index (χ4v) is 4.42. The highest BCUT2D eigenvalue weighted by Gasteiger charge is 2.38. The van der Waals surface area contributed by atoms with Crippen LogP contribution in [0.25, 0.3) is 0 Å². The SMILES string of the molecule is C=CC(=O)N1CC(OCc2ccc(C(F)(F)F)cc2)C(n2cc(C3CCN(C)CC3)nn2)C1. The number of amides is 1. The molecular weight excluding hydrogens is 435 g/mol. The molecule has 0 spiro atoms. The summed E-state index contributed by atoms with van der Waals surface area (Å²) in [5, 5.41) is 8.73. The van der Waals surface area contributed by atoms with Gasteiger partial charge in [0.1, 0.15) is 0 Å². The topological polar surface area (TPSA) is 63.5 Å². The Morgan fingerprint density at radius 2 is 1.91 bits per heavy atom. The van der Waals surface area contributed by atoms with Gasteiger partial charge in [0.15, 0.2) is 0 Å². The van der Waals surface area contributed by atoms with E-state index >= 15 is 0 Å². The van der Waals surface area contributed by atoms with Crippen molar-refractivity contribution in [3.05, 3.63) is 59.9 Å². The number of carbonyl (C=O) groups is 1. The Balaban J connectivity index is 1.46. The van der Waals surface area contributed by atoms with E-state index in [-0.39, 0.29) is 24.7 Å². The number of ether oxygens (including phenoxy) is 1.